The minimum absolute atomic E-state index is 0.0752. The predicted octanol–water partition coefficient (Wildman–Crippen LogP) is 3.03. The van der Waals surface area contributed by atoms with Crippen molar-refractivity contribution in [2.75, 3.05) is 38.6 Å². The van der Waals surface area contributed by atoms with Gasteiger partial charge in [0.25, 0.3) is 0 Å². The van der Waals surface area contributed by atoms with Gasteiger partial charge in [-0.2, -0.15) is 0 Å². The summed E-state index contributed by atoms with van der Waals surface area (Å²) in [5.41, 5.74) is 0.863. The number of carbonyl (C=O) groups is 1. The molecular formula is C16H27N3OS. The Morgan fingerprint density at radius 2 is 1.95 bits per heavy atom. The van der Waals surface area contributed by atoms with E-state index in [2.05, 4.69) is 44.7 Å². The average molecular weight is 309 g/mol. The van der Waals surface area contributed by atoms with Gasteiger partial charge in [-0.15, -0.1) is 0 Å². The Labute approximate surface area is 132 Å². The first kappa shape index (κ1) is 16.4. The molecule has 1 saturated heterocycles. The molecule has 21 heavy (non-hydrogen) atoms. The number of hydrogen-bond donors (Lipinski definition) is 0. The lowest BCUT2D eigenvalue weighted by atomic mass is 9.91. The Kier molecular flexibility index (Phi) is 5.04. The Balaban J connectivity index is 2.07. The topological polar surface area (TPSA) is 36.4 Å². The van der Waals surface area contributed by atoms with Gasteiger partial charge in [-0.1, -0.05) is 32.1 Å². The number of rotatable bonds is 4. The molecule has 2 rings (SSSR count). The second-order valence-electron chi connectivity index (χ2n) is 7.27. The maximum Gasteiger partial charge on any atom is 0.186 e. The second-order valence-corrected chi connectivity index (χ2v) is 8.28. The summed E-state index contributed by atoms with van der Waals surface area (Å²) in [6, 6.07) is 0. The van der Waals surface area contributed by atoms with Crippen LogP contribution in [0, 0.1) is 5.92 Å². The molecule has 118 valence electrons. The molecule has 1 aromatic rings. The molecule has 0 N–H and O–H groups in total. The minimum Gasteiger partial charge on any atom is -0.348 e. The van der Waals surface area contributed by atoms with Crippen molar-refractivity contribution in [3.63, 3.8) is 0 Å². The lowest BCUT2D eigenvalue weighted by molar-refractivity contribution is 0.112. The van der Waals surface area contributed by atoms with Gasteiger partial charge in [0.1, 0.15) is 0 Å². The van der Waals surface area contributed by atoms with Crippen molar-refractivity contribution in [2.24, 2.45) is 5.92 Å². The van der Waals surface area contributed by atoms with Crippen LogP contribution in [0.5, 0.6) is 0 Å². The normalized spacial score (nSPS) is 17.5. The van der Waals surface area contributed by atoms with Crippen LogP contribution in [0.2, 0.25) is 0 Å². The van der Waals surface area contributed by atoms with Crippen molar-refractivity contribution in [3.05, 3.63) is 10.6 Å². The van der Waals surface area contributed by atoms with Gasteiger partial charge in [0.05, 0.1) is 10.6 Å². The second kappa shape index (κ2) is 6.44. The van der Waals surface area contributed by atoms with Gasteiger partial charge in [0, 0.05) is 25.0 Å². The molecule has 0 unspecified atom stereocenters. The fourth-order valence-electron chi connectivity index (χ4n) is 2.90. The predicted molar refractivity (Wildman–Crippen MR) is 89.7 cm³/mol. The van der Waals surface area contributed by atoms with Gasteiger partial charge >= 0.3 is 0 Å². The molecular weight excluding hydrogens is 282 g/mol. The number of aromatic nitrogens is 1. The number of thiazole rings is 1. The lowest BCUT2D eigenvalue weighted by Crippen LogP contribution is -2.37. The van der Waals surface area contributed by atoms with Gasteiger partial charge in [0.15, 0.2) is 11.4 Å². The van der Waals surface area contributed by atoms with E-state index in [4.69, 9.17) is 4.98 Å². The third-order valence-corrected chi connectivity index (χ3v) is 5.01. The van der Waals surface area contributed by atoms with Crippen molar-refractivity contribution in [2.45, 2.75) is 39.0 Å². The molecule has 4 nitrogen and oxygen atoms in total. The number of hydrogen-bond acceptors (Lipinski definition) is 5. The fourth-order valence-corrected chi connectivity index (χ4v) is 4.04. The minimum atomic E-state index is -0.0752. The SMILES string of the molecule is CN(C)CC1CCN(c2nc(C(C)(C)C)c(C=O)s2)CC1. The zero-order chi connectivity index (χ0) is 15.6. The van der Waals surface area contributed by atoms with Crippen molar-refractivity contribution < 1.29 is 4.79 Å². The van der Waals surface area contributed by atoms with E-state index in [1.54, 1.807) is 11.3 Å². The third-order valence-electron chi connectivity index (χ3n) is 3.97. The number of aldehydes is 1. The maximum absolute atomic E-state index is 11.3. The molecule has 0 aliphatic carbocycles. The van der Waals surface area contributed by atoms with Crippen LogP contribution in [0.15, 0.2) is 0 Å². The summed E-state index contributed by atoms with van der Waals surface area (Å²) in [4.78, 5) is 21.5. The van der Waals surface area contributed by atoms with Crippen LogP contribution in [-0.2, 0) is 5.41 Å². The highest BCUT2D eigenvalue weighted by Crippen LogP contribution is 2.34. The Morgan fingerprint density at radius 3 is 2.38 bits per heavy atom. The first-order chi connectivity index (χ1) is 9.81. The van der Waals surface area contributed by atoms with E-state index in [9.17, 15) is 4.79 Å². The number of nitrogens with zero attached hydrogens (tertiary/aromatic N) is 3. The van der Waals surface area contributed by atoms with Crippen LogP contribution in [0.3, 0.4) is 0 Å². The Morgan fingerprint density at radius 1 is 1.33 bits per heavy atom. The standard InChI is InChI=1S/C16H27N3OS/c1-16(2,3)14-13(11-20)21-15(17-14)19-8-6-12(7-9-19)10-18(4)5/h11-12H,6-10H2,1-5H3. The highest BCUT2D eigenvalue weighted by atomic mass is 32.1. The van der Waals surface area contributed by atoms with Crippen LogP contribution in [0.25, 0.3) is 0 Å². The van der Waals surface area contributed by atoms with Crippen LogP contribution >= 0.6 is 11.3 Å². The lowest BCUT2D eigenvalue weighted by Gasteiger charge is -2.33. The smallest absolute Gasteiger partial charge is 0.186 e. The molecule has 0 radical (unpaired) electrons. The van der Waals surface area contributed by atoms with E-state index in [0.29, 0.717) is 0 Å². The fraction of sp³-hybridized carbons (Fsp3) is 0.750. The summed E-state index contributed by atoms with van der Waals surface area (Å²) in [6.07, 6.45) is 3.37. The van der Waals surface area contributed by atoms with E-state index in [1.165, 1.54) is 19.4 Å². The van der Waals surface area contributed by atoms with Crippen LogP contribution in [-0.4, -0.2) is 49.9 Å². The van der Waals surface area contributed by atoms with Gasteiger partial charge < -0.3 is 9.80 Å². The average Bonchev–Trinajstić information content (AvgIpc) is 2.83. The summed E-state index contributed by atoms with van der Waals surface area (Å²) in [5, 5.41) is 1.02. The Hall–Kier alpha value is -0.940. The molecule has 0 spiro atoms. The van der Waals surface area contributed by atoms with Crippen LogP contribution in [0.4, 0.5) is 5.13 Å². The number of carbonyl (C=O) groups excluding carboxylic acids is 1. The van der Waals surface area contributed by atoms with Crippen LogP contribution in [0.1, 0.15) is 49.0 Å². The summed E-state index contributed by atoms with van der Waals surface area (Å²) >= 11 is 1.54. The first-order valence-electron chi connectivity index (χ1n) is 7.67. The molecule has 2 heterocycles. The highest BCUT2D eigenvalue weighted by Gasteiger charge is 2.27. The quantitative estimate of drug-likeness (QED) is 0.801. The van der Waals surface area contributed by atoms with E-state index in [-0.39, 0.29) is 5.41 Å². The zero-order valence-electron chi connectivity index (χ0n) is 13.8. The summed E-state index contributed by atoms with van der Waals surface area (Å²) in [5.74, 6) is 0.781. The molecule has 0 aromatic carbocycles. The van der Waals surface area contributed by atoms with Gasteiger partial charge in [0.2, 0.25) is 0 Å². The highest BCUT2D eigenvalue weighted by molar-refractivity contribution is 7.17. The van der Waals surface area contributed by atoms with Crippen molar-refractivity contribution in [3.8, 4) is 0 Å². The molecule has 0 bridgehead atoms. The first-order valence-corrected chi connectivity index (χ1v) is 8.49. The van der Waals surface area contributed by atoms with E-state index in [0.717, 1.165) is 41.0 Å². The summed E-state index contributed by atoms with van der Waals surface area (Å²) < 4.78 is 0. The molecule has 1 aliphatic heterocycles. The van der Waals surface area contributed by atoms with Crippen molar-refractivity contribution >= 4 is 22.8 Å². The monoisotopic (exact) mass is 309 g/mol. The van der Waals surface area contributed by atoms with Crippen molar-refractivity contribution in [1.82, 2.24) is 9.88 Å². The summed E-state index contributed by atoms with van der Waals surface area (Å²) in [7, 11) is 4.28. The zero-order valence-corrected chi connectivity index (χ0v) is 14.7. The molecule has 1 fully saturated rings. The molecule has 0 amide bonds. The van der Waals surface area contributed by atoms with E-state index in [1.807, 2.05) is 0 Å². The molecule has 1 aromatic heterocycles. The van der Waals surface area contributed by atoms with E-state index < -0.39 is 0 Å². The molecule has 0 atom stereocenters. The maximum atomic E-state index is 11.3. The Bertz CT molecular complexity index is 482. The largest absolute Gasteiger partial charge is 0.348 e. The van der Waals surface area contributed by atoms with Crippen molar-refractivity contribution in [1.29, 1.82) is 0 Å². The van der Waals surface area contributed by atoms with Gasteiger partial charge in [-0.05, 0) is 32.9 Å². The van der Waals surface area contributed by atoms with Crippen LogP contribution < -0.4 is 4.90 Å². The van der Waals surface area contributed by atoms with Gasteiger partial charge in [-0.3, -0.25) is 4.79 Å². The molecule has 5 heteroatoms. The third kappa shape index (κ3) is 4.04. The van der Waals surface area contributed by atoms with E-state index >= 15 is 0 Å². The molecule has 1 aliphatic rings. The number of anilines is 1. The number of piperidine rings is 1. The van der Waals surface area contributed by atoms with Gasteiger partial charge in [-0.25, -0.2) is 4.98 Å². The summed E-state index contributed by atoms with van der Waals surface area (Å²) in [6.45, 7) is 9.60. The molecule has 0 saturated carbocycles.